The van der Waals surface area contributed by atoms with Crippen LogP contribution in [-0.2, 0) is 0 Å². The fraction of sp³-hybridized carbons (Fsp3) is 0.176. The number of nitrogens with one attached hydrogen (secondary N) is 2. The highest BCUT2D eigenvalue weighted by atomic mass is 16.4. The van der Waals surface area contributed by atoms with Crippen molar-refractivity contribution in [3.8, 4) is 5.69 Å². The third-order valence-electron chi connectivity index (χ3n) is 3.48. The zero-order chi connectivity index (χ0) is 16.9. The molecule has 0 fully saturated rings. The standard InChI is InChI=1S/C17H18N4O3/c1-12-11-21(13-6-3-2-4-7-13)20-16(12)19-17(23)18-10-14(22)15-8-5-9-24-15/h2-9,11,14,22H,10H2,1H3,(H2,18,19,20,23). The van der Waals surface area contributed by atoms with E-state index in [1.165, 1.54) is 6.26 Å². The molecule has 124 valence electrons. The van der Waals surface area contributed by atoms with Crippen molar-refractivity contribution in [3.05, 3.63) is 66.2 Å². The highest BCUT2D eigenvalue weighted by Gasteiger charge is 2.14. The Bertz CT molecular complexity index is 797. The van der Waals surface area contributed by atoms with E-state index < -0.39 is 12.1 Å². The van der Waals surface area contributed by atoms with Gasteiger partial charge in [-0.25, -0.2) is 9.48 Å². The van der Waals surface area contributed by atoms with E-state index in [0.29, 0.717) is 11.6 Å². The van der Waals surface area contributed by atoms with Crippen molar-refractivity contribution < 1.29 is 14.3 Å². The van der Waals surface area contributed by atoms with Crippen molar-refractivity contribution in [1.82, 2.24) is 15.1 Å². The molecule has 7 heteroatoms. The molecule has 3 N–H and O–H groups in total. The summed E-state index contributed by atoms with van der Waals surface area (Å²) in [5, 5.41) is 19.5. The van der Waals surface area contributed by atoms with E-state index in [0.717, 1.165) is 11.3 Å². The van der Waals surface area contributed by atoms with E-state index in [1.54, 1.807) is 16.8 Å². The number of hydrogen-bond acceptors (Lipinski definition) is 4. The molecule has 2 aromatic heterocycles. The van der Waals surface area contributed by atoms with Gasteiger partial charge in [-0.3, -0.25) is 5.32 Å². The lowest BCUT2D eigenvalue weighted by atomic mass is 10.3. The lowest BCUT2D eigenvalue weighted by Crippen LogP contribution is -2.32. The second kappa shape index (κ2) is 7.01. The Kier molecular flexibility index (Phi) is 4.62. The van der Waals surface area contributed by atoms with Crippen LogP contribution in [0, 0.1) is 6.92 Å². The maximum Gasteiger partial charge on any atom is 0.320 e. The number of nitrogens with zero attached hydrogens (tertiary/aromatic N) is 2. The van der Waals surface area contributed by atoms with Gasteiger partial charge in [0.2, 0.25) is 0 Å². The third kappa shape index (κ3) is 3.64. The number of aryl methyl sites for hydroxylation is 1. The lowest BCUT2D eigenvalue weighted by Gasteiger charge is -2.10. The van der Waals surface area contributed by atoms with Crippen LogP contribution in [0.1, 0.15) is 17.4 Å². The minimum absolute atomic E-state index is 0.0395. The quantitative estimate of drug-likeness (QED) is 0.672. The Hall–Kier alpha value is -3.06. The minimum Gasteiger partial charge on any atom is -0.467 e. The van der Waals surface area contributed by atoms with Gasteiger partial charge in [-0.2, -0.15) is 0 Å². The Morgan fingerprint density at radius 3 is 2.79 bits per heavy atom. The summed E-state index contributed by atoms with van der Waals surface area (Å²) in [5.41, 5.74) is 1.74. The second-order valence-corrected chi connectivity index (χ2v) is 5.31. The topological polar surface area (TPSA) is 92.3 Å². The van der Waals surface area contributed by atoms with Gasteiger partial charge in [-0.1, -0.05) is 18.2 Å². The zero-order valence-corrected chi connectivity index (χ0v) is 13.1. The van der Waals surface area contributed by atoms with Gasteiger partial charge in [-0.15, -0.1) is 5.10 Å². The first-order valence-electron chi connectivity index (χ1n) is 7.51. The lowest BCUT2D eigenvalue weighted by molar-refractivity contribution is 0.149. The van der Waals surface area contributed by atoms with E-state index in [9.17, 15) is 9.90 Å². The number of aromatic nitrogens is 2. The molecule has 1 atom stereocenters. The van der Waals surface area contributed by atoms with Crippen molar-refractivity contribution >= 4 is 11.8 Å². The molecule has 0 spiro atoms. The number of urea groups is 1. The van der Waals surface area contributed by atoms with Crippen molar-refractivity contribution in [2.45, 2.75) is 13.0 Å². The van der Waals surface area contributed by atoms with Gasteiger partial charge in [0.15, 0.2) is 5.82 Å². The zero-order valence-electron chi connectivity index (χ0n) is 13.1. The van der Waals surface area contributed by atoms with Crippen LogP contribution in [0.15, 0.2) is 59.3 Å². The van der Waals surface area contributed by atoms with Crippen LogP contribution in [0.2, 0.25) is 0 Å². The average Bonchev–Trinajstić information content (AvgIpc) is 3.24. The van der Waals surface area contributed by atoms with Gasteiger partial charge in [0.05, 0.1) is 18.5 Å². The molecule has 0 aliphatic rings. The van der Waals surface area contributed by atoms with E-state index in [1.807, 2.05) is 43.5 Å². The first kappa shape index (κ1) is 15.8. The average molecular weight is 326 g/mol. The molecular weight excluding hydrogens is 308 g/mol. The molecule has 0 radical (unpaired) electrons. The van der Waals surface area contributed by atoms with Crippen LogP contribution in [0.4, 0.5) is 10.6 Å². The molecule has 24 heavy (non-hydrogen) atoms. The van der Waals surface area contributed by atoms with Gasteiger partial charge in [-0.05, 0) is 31.2 Å². The summed E-state index contributed by atoms with van der Waals surface area (Å²) in [7, 11) is 0. The maximum atomic E-state index is 12.0. The SMILES string of the molecule is Cc1cn(-c2ccccc2)nc1NC(=O)NCC(O)c1ccco1. The van der Waals surface area contributed by atoms with Crippen LogP contribution in [0.25, 0.3) is 5.69 Å². The summed E-state index contributed by atoms with van der Waals surface area (Å²) in [5.74, 6) is 0.865. The highest BCUT2D eigenvalue weighted by molar-refractivity contribution is 5.88. The van der Waals surface area contributed by atoms with Crippen LogP contribution in [-0.4, -0.2) is 27.5 Å². The van der Waals surface area contributed by atoms with Crippen LogP contribution >= 0.6 is 0 Å². The van der Waals surface area contributed by atoms with Crippen molar-refractivity contribution in [3.63, 3.8) is 0 Å². The largest absolute Gasteiger partial charge is 0.467 e. The van der Waals surface area contributed by atoms with E-state index in [4.69, 9.17) is 4.42 Å². The molecule has 1 aromatic carbocycles. The number of hydrogen-bond donors (Lipinski definition) is 3. The number of para-hydroxylation sites is 1. The molecule has 0 saturated carbocycles. The highest BCUT2D eigenvalue weighted by Crippen LogP contribution is 2.16. The molecule has 0 saturated heterocycles. The van der Waals surface area contributed by atoms with Crippen LogP contribution in [0.3, 0.4) is 0 Å². The number of aliphatic hydroxyl groups excluding tert-OH is 1. The molecular formula is C17H18N4O3. The number of aliphatic hydroxyl groups is 1. The maximum absolute atomic E-state index is 12.0. The molecule has 0 aliphatic carbocycles. The van der Waals surface area contributed by atoms with E-state index >= 15 is 0 Å². The predicted molar refractivity (Wildman–Crippen MR) is 89.0 cm³/mol. The number of amides is 2. The Balaban J connectivity index is 1.59. The molecule has 0 aliphatic heterocycles. The van der Waals surface area contributed by atoms with E-state index in [-0.39, 0.29) is 6.54 Å². The Morgan fingerprint density at radius 1 is 1.29 bits per heavy atom. The molecule has 0 bridgehead atoms. The summed E-state index contributed by atoms with van der Waals surface area (Å²) in [6, 6.07) is 12.5. The van der Waals surface area contributed by atoms with Crippen molar-refractivity contribution in [1.29, 1.82) is 0 Å². The summed E-state index contributed by atoms with van der Waals surface area (Å²) in [6.45, 7) is 1.90. The summed E-state index contributed by atoms with van der Waals surface area (Å²) in [6.07, 6.45) is 2.41. The fourth-order valence-corrected chi connectivity index (χ4v) is 2.22. The normalized spacial score (nSPS) is 11.9. The number of anilines is 1. The smallest absolute Gasteiger partial charge is 0.320 e. The molecule has 3 rings (SSSR count). The third-order valence-corrected chi connectivity index (χ3v) is 3.48. The van der Waals surface area contributed by atoms with Gasteiger partial charge < -0.3 is 14.8 Å². The van der Waals surface area contributed by atoms with Crippen LogP contribution < -0.4 is 10.6 Å². The minimum atomic E-state index is -0.895. The first-order chi connectivity index (χ1) is 11.6. The molecule has 2 amide bonds. The monoisotopic (exact) mass is 326 g/mol. The Labute approximate surface area is 138 Å². The number of carbonyl (C=O) groups excluding carboxylic acids is 1. The predicted octanol–water partition coefficient (Wildman–Crippen LogP) is 2.63. The number of benzene rings is 1. The molecule has 7 nitrogen and oxygen atoms in total. The first-order valence-corrected chi connectivity index (χ1v) is 7.51. The number of rotatable bonds is 5. The van der Waals surface area contributed by atoms with Gasteiger partial charge in [0.25, 0.3) is 0 Å². The fourth-order valence-electron chi connectivity index (χ4n) is 2.22. The van der Waals surface area contributed by atoms with Gasteiger partial charge >= 0.3 is 6.03 Å². The molecule has 1 unspecified atom stereocenters. The summed E-state index contributed by atoms with van der Waals surface area (Å²) >= 11 is 0. The molecule has 2 heterocycles. The Morgan fingerprint density at radius 2 is 2.08 bits per heavy atom. The van der Waals surface area contributed by atoms with Crippen molar-refractivity contribution in [2.24, 2.45) is 0 Å². The van der Waals surface area contributed by atoms with Gasteiger partial charge in [0, 0.05) is 11.8 Å². The number of carbonyl (C=O) groups is 1. The van der Waals surface area contributed by atoms with E-state index in [2.05, 4.69) is 15.7 Å². The molecule has 3 aromatic rings. The van der Waals surface area contributed by atoms with Crippen molar-refractivity contribution in [2.75, 3.05) is 11.9 Å². The second-order valence-electron chi connectivity index (χ2n) is 5.31. The summed E-state index contributed by atoms with van der Waals surface area (Å²) in [4.78, 5) is 12.0. The number of furan rings is 1. The van der Waals surface area contributed by atoms with Crippen LogP contribution in [0.5, 0.6) is 0 Å². The summed E-state index contributed by atoms with van der Waals surface area (Å²) < 4.78 is 6.78. The van der Waals surface area contributed by atoms with Gasteiger partial charge in [0.1, 0.15) is 11.9 Å².